The number of ether oxygens (including phenoxy) is 2. The van der Waals surface area contributed by atoms with Crippen LogP contribution >= 0.6 is 0 Å². The molecule has 5 heteroatoms. The van der Waals surface area contributed by atoms with Gasteiger partial charge in [0.05, 0.1) is 6.61 Å². The van der Waals surface area contributed by atoms with Crippen molar-refractivity contribution in [2.75, 3.05) is 18.5 Å². The molecule has 160 valence electrons. The van der Waals surface area contributed by atoms with E-state index in [0.29, 0.717) is 13.2 Å². The van der Waals surface area contributed by atoms with Crippen molar-refractivity contribution in [1.29, 1.82) is 0 Å². The van der Waals surface area contributed by atoms with E-state index in [1.807, 2.05) is 36.4 Å². The first-order chi connectivity index (χ1) is 14.3. The molecule has 1 amide bonds. The van der Waals surface area contributed by atoms with Crippen LogP contribution in [0.5, 0.6) is 0 Å². The molecule has 0 bridgehead atoms. The molecule has 0 unspecified atom stereocenters. The second-order valence-electron chi connectivity index (χ2n) is 7.59. The summed E-state index contributed by atoms with van der Waals surface area (Å²) in [6.45, 7) is 0.943. The van der Waals surface area contributed by atoms with E-state index >= 15 is 0 Å². The Morgan fingerprint density at radius 3 is 2.03 bits per heavy atom. The van der Waals surface area contributed by atoms with Crippen LogP contribution < -0.4 is 5.32 Å². The van der Waals surface area contributed by atoms with Crippen LogP contribution in [0.25, 0.3) is 0 Å². The first-order valence-corrected chi connectivity index (χ1v) is 11.1. The lowest BCUT2D eigenvalue weighted by Crippen LogP contribution is -2.14. The minimum absolute atomic E-state index is 0.119. The molecule has 1 heterocycles. The van der Waals surface area contributed by atoms with Crippen molar-refractivity contribution in [2.45, 2.75) is 77.0 Å². The maximum Gasteiger partial charge on any atom is 0.411 e. The van der Waals surface area contributed by atoms with Gasteiger partial charge in [-0.25, -0.2) is 9.59 Å². The third-order valence-electron chi connectivity index (χ3n) is 5.15. The lowest BCUT2D eigenvalue weighted by Gasteiger charge is -2.07. The highest BCUT2D eigenvalue weighted by atomic mass is 16.5. The van der Waals surface area contributed by atoms with Gasteiger partial charge in [-0.3, -0.25) is 5.32 Å². The van der Waals surface area contributed by atoms with E-state index in [0.717, 1.165) is 36.9 Å². The fourth-order valence-corrected chi connectivity index (χ4v) is 3.45. The highest BCUT2D eigenvalue weighted by Gasteiger charge is 2.15. The Bertz CT molecular complexity index is 627. The zero-order valence-electron chi connectivity index (χ0n) is 17.5. The molecular weight excluding hydrogens is 366 g/mol. The fraction of sp³-hybridized carbons (Fsp3) is 0.583. The Morgan fingerprint density at radius 1 is 0.862 bits per heavy atom. The monoisotopic (exact) mass is 401 g/mol. The van der Waals surface area contributed by atoms with Crippen LogP contribution in [0.3, 0.4) is 0 Å². The van der Waals surface area contributed by atoms with Crippen molar-refractivity contribution in [3.05, 3.63) is 42.0 Å². The van der Waals surface area contributed by atoms with Crippen LogP contribution in [0, 0.1) is 0 Å². The van der Waals surface area contributed by atoms with Crippen molar-refractivity contribution < 1.29 is 19.1 Å². The number of nitrogens with one attached hydrogen (secondary N) is 1. The van der Waals surface area contributed by atoms with E-state index in [-0.39, 0.29) is 12.1 Å². The van der Waals surface area contributed by atoms with E-state index in [4.69, 9.17) is 9.47 Å². The van der Waals surface area contributed by atoms with E-state index < -0.39 is 0 Å². The van der Waals surface area contributed by atoms with Gasteiger partial charge in [0.25, 0.3) is 0 Å². The largest absolute Gasteiger partial charge is 0.458 e. The van der Waals surface area contributed by atoms with Gasteiger partial charge in [0, 0.05) is 11.3 Å². The smallest absolute Gasteiger partial charge is 0.411 e. The van der Waals surface area contributed by atoms with Crippen LogP contribution in [0.1, 0.15) is 77.0 Å². The predicted molar refractivity (Wildman–Crippen MR) is 116 cm³/mol. The van der Waals surface area contributed by atoms with Crippen molar-refractivity contribution in [3.8, 4) is 0 Å². The molecule has 1 aromatic carbocycles. The molecule has 1 aliphatic heterocycles. The third kappa shape index (κ3) is 10.7. The summed E-state index contributed by atoms with van der Waals surface area (Å²) in [6, 6.07) is 9.35. The average molecular weight is 402 g/mol. The Morgan fingerprint density at radius 2 is 1.45 bits per heavy atom. The number of rotatable bonds is 15. The zero-order valence-corrected chi connectivity index (χ0v) is 17.5. The van der Waals surface area contributed by atoms with Crippen molar-refractivity contribution in [2.24, 2.45) is 0 Å². The quantitative estimate of drug-likeness (QED) is 0.273. The molecule has 1 aliphatic rings. The maximum atomic E-state index is 11.6. The number of carbonyl (C=O) groups excluding carboxylic acids is 2. The number of cyclic esters (lactones) is 1. The standard InChI is InChI=1S/C24H35NO4/c26-23-21(18-20-28-23)15-11-8-6-4-2-1-3-5-7-9-14-19-29-24(27)25-22-16-12-10-13-17-22/h10,12-13,16-18H,1-9,11,14-15,19-20H2,(H,25,27). The summed E-state index contributed by atoms with van der Waals surface area (Å²) in [6.07, 6.45) is 15.6. The van der Waals surface area contributed by atoms with E-state index in [1.54, 1.807) is 0 Å². The number of unbranched alkanes of at least 4 members (excludes halogenated alkanes) is 10. The van der Waals surface area contributed by atoms with Crippen LogP contribution in [0.4, 0.5) is 10.5 Å². The molecule has 0 saturated heterocycles. The molecule has 29 heavy (non-hydrogen) atoms. The van der Waals surface area contributed by atoms with E-state index in [9.17, 15) is 9.59 Å². The molecule has 0 saturated carbocycles. The highest BCUT2D eigenvalue weighted by molar-refractivity contribution is 5.90. The molecule has 1 aromatic rings. The second-order valence-corrected chi connectivity index (χ2v) is 7.59. The number of para-hydroxylation sites is 1. The van der Waals surface area contributed by atoms with Gasteiger partial charge in [0.1, 0.15) is 6.61 Å². The Balaban J connectivity index is 1.29. The summed E-state index contributed by atoms with van der Waals surface area (Å²) in [4.78, 5) is 22.9. The molecule has 0 fully saturated rings. The highest BCUT2D eigenvalue weighted by Crippen LogP contribution is 2.17. The minimum Gasteiger partial charge on any atom is -0.458 e. The molecule has 1 N–H and O–H groups in total. The van der Waals surface area contributed by atoms with Crippen LogP contribution in [-0.4, -0.2) is 25.3 Å². The maximum absolute atomic E-state index is 11.6. The van der Waals surface area contributed by atoms with Crippen molar-refractivity contribution >= 4 is 17.7 Å². The second kappa shape index (κ2) is 14.7. The minimum atomic E-state index is -0.379. The molecule has 0 radical (unpaired) electrons. The van der Waals surface area contributed by atoms with Gasteiger partial charge in [-0.05, 0) is 37.5 Å². The Kier molecular flexibility index (Phi) is 11.6. The molecule has 0 aliphatic carbocycles. The van der Waals surface area contributed by atoms with Gasteiger partial charge in [-0.2, -0.15) is 0 Å². The van der Waals surface area contributed by atoms with Gasteiger partial charge in [0.2, 0.25) is 0 Å². The number of benzene rings is 1. The van der Waals surface area contributed by atoms with E-state index in [2.05, 4.69) is 5.32 Å². The molecule has 0 aromatic heterocycles. The summed E-state index contributed by atoms with van der Waals surface area (Å²) < 4.78 is 10.1. The number of anilines is 1. The van der Waals surface area contributed by atoms with E-state index in [1.165, 1.54) is 51.4 Å². The van der Waals surface area contributed by atoms with Gasteiger partial charge < -0.3 is 9.47 Å². The number of hydrogen-bond donors (Lipinski definition) is 1. The number of carbonyl (C=O) groups is 2. The number of esters is 1. The SMILES string of the molecule is O=C(Nc1ccccc1)OCCCCCCCCCCCCCC1=CCOC1=O. The summed E-state index contributed by atoms with van der Waals surface area (Å²) in [5, 5.41) is 2.72. The lowest BCUT2D eigenvalue weighted by atomic mass is 10.0. The Hall–Kier alpha value is -2.30. The topological polar surface area (TPSA) is 64.6 Å². The predicted octanol–water partition coefficient (Wildman–Crippen LogP) is 6.40. The Labute approximate surface area is 174 Å². The summed E-state index contributed by atoms with van der Waals surface area (Å²) in [5.74, 6) is -0.119. The zero-order chi connectivity index (χ0) is 20.6. The first kappa shape index (κ1) is 23.0. The van der Waals surface area contributed by atoms with Gasteiger partial charge in [0.15, 0.2) is 0 Å². The summed E-state index contributed by atoms with van der Waals surface area (Å²) >= 11 is 0. The van der Waals surface area contributed by atoms with Crippen LogP contribution in [-0.2, 0) is 14.3 Å². The third-order valence-corrected chi connectivity index (χ3v) is 5.15. The van der Waals surface area contributed by atoms with Gasteiger partial charge in [-0.15, -0.1) is 0 Å². The van der Waals surface area contributed by atoms with Gasteiger partial charge in [-0.1, -0.05) is 76.0 Å². The van der Waals surface area contributed by atoms with Crippen LogP contribution in [0.15, 0.2) is 42.0 Å². The van der Waals surface area contributed by atoms with Crippen molar-refractivity contribution in [1.82, 2.24) is 0 Å². The first-order valence-electron chi connectivity index (χ1n) is 11.1. The lowest BCUT2D eigenvalue weighted by molar-refractivity contribution is -0.136. The van der Waals surface area contributed by atoms with Crippen molar-refractivity contribution in [3.63, 3.8) is 0 Å². The molecule has 0 atom stereocenters. The van der Waals surface area contributed by atoms with Crippen LogP contribution in [0.2, 0.25) is 0 Å². The normalized spacial score (nSPS) is 13.1. The summed E-state index contributed by atoms with van der Waals surface area (Å²) in [7, 11) is 0. The molecular formula is C24H35NO4. The average Bonchev–Trinajstić information content (AvgIpc) is 3.13. The summed E-state index contributed by atoms with van der Waals surface area (Å²) in [5.41, 5.74) is 1.63. The molecule has 0 spiro atoms. The fourth-order valence-electron chi connectivity index (χ4n) is 3.45. The number of hydrogen-bond acceptors (Lipinski definition) is 4. The molecule has 5 nitrogen and oxygen atoms in total. The molecule has 2 rings (SSSR count). The number of amides is 1. The van der Waals surface area contributed by atoms with Gasteiger partial charge >= 0.3 is 12.1 Å².